The molecule has 0 amide bonds. The predicted octanol–water partition coefficient (Wildman–Crippen LogP) is 8.19. The van der Waals surface area contributed by atoms with Crippen molar-refractivity contribution in [1.29, 1.82) is 0 Å². The van der Waals surface area contributed by atoms with Crippen molar-refractivity contribution >= 4 is 0 Å². The summed E-state index contributed by atoms with van der Waals surface area (Å²) in [5, 5.41) is 0. The summed E-state index contributed by atoms with van der Waals surface area (Å²) in [5.74, 6) is 10.3. The summed E-state index contributed by atoms with van der Waals surface area (Å²) in [4.78, 5) is 0. The molecule has 11 atom stereocenters. The van der Waals surface area contributed by atoms with Crippen LogP contribution in [-0.4, -0.2) is 0 Å². The molecule has 158 valence electrons. The second-order valence-corrected chi connectivity index (χ2v) is 11.5. The van der Waals surface area contributed by atoms with Gasteiger partial charge >= 0.3 is 0 Å². The molecular formula is C27H50. The largest absolute Gasteiger partial charge is 0.0993 e. The maximum absolute atomic E-state index is 4.76. The van der Waals surface area contributed by atoms with Gasteiger partial charge in [0.2, 0.25) is 0 Å². The van der Waals surface area contributed by atoms with E-state index in [0.717, 1.165) is 65.1 Å². The molecule has 2 rings (SSSR count). The molecule has 27 heavy (non-hydrogen) atoms. The summed E-state index contributed by atoms with van der Waals surface area (Å²) in [5.41, 5.74) is 1.57. The summed E-state index contributed by atoms with van der Waals surface area (Å²) in [6.45, 7) is 32.3. The molecular weight excluding hydrogens is 324 g/mol. The van der Waals surface area contributed by atoms with E-state index in [0.29, 0.717) is 11.8 Å². The Morgan fingerprint density at radius 2 is 1.07 bits per heavy atom. The van der Waals surface area contributed by atoms with Crippen LogP contribution < -0.4 is 0 Å². The van der Waals surface area contributed by atoms with Crippen LogP contribution in [0.5, 0.6) is 0 Å². The van der Waals surface area contributed by atoms with Gasteiger partial charge in [0.1, 0.15) is 0 Å². The smallest absolute Gasteiger partial charge is 0.0149 e. The van der Waals surface area contributed by atoms with Gasteiger partial charge in [0, 0.05) is 0 Å². The van der Waals surface area contributed by atoms with E-state index in [1.807, 2.05) is 0 Å². The van der Waals surface area contributed by atoms with Crippen molar-refractivity contribution in [2.45, 2.75) is 82.6 Å². The van der Waals surface area contributed by atoms with Gasteiger partial charge in [-0.15, -0.1) is 0 Å². The number of allylic oxidation sites excluding steroid dienone is 1. The van der Waals surface area contributed by atoms with Gasteiger partial charge in [-0.1, -0.05) is 88.3 Å². The van der Waals surface area contributed by atoms with Crippen molar-refractivity contribution in [3.8, 4) is 0 Å². The number of rotatable bonds is 4. The third-order valence-electron chi connectivity index (χ3n) is 10.6. The second kappa shape index (κ2) is 8.62. The molecule has 0 bridgehead atoms. The molecule has 11 unspecified atom stereocenters. The molecule has 2 aliphatic carbocycles. The van der Waals surface area contributed by atoms with Gasteiger partial charge in [0.05, 0.1) is 0 Å². The van der Waals surface area contributed by atoms with Crippen molar-refractivity contribution in [2.24, 2.45) is 76.9 Å². The monoisotopic (exact) mass is 374 g/mol. The first kappa shape index (κ1) is 23.0. The Hall–Kier alpha value is -0.260. The van der Waals surface area contributed by atoms with Gasteiger partial charge in [-0.05, 0) is 83.4 Å². The zero-order valence-corrected chi connectivity index (χ0v) is 20.4. The van der Waals surface area contributed by atoms with E-state index in [4.69, 9.17) is 6.58 Å². The lowest BCUT2D eigenvalue weighted by molar-refractivity contribution is -0.0195. The van der Waals surface area contributed by atoms with Crippen molar-refractivity contribution in [2.75, 3.05) is 0 Å². The van der Waals surface area contributed by atoms with Gasteiger partial charge in [0.25, 0.3) is 0 Å². The molecule has 0 heterocycles. The third-order valence-corrected chi connectivity index (χ3v) is 10.6. The van der Waals surface area contributed by atoms with E-state index in [1.165, 1.54) is 6.42 Å². The highest BCUT2D eigenvalue weighted by Crippen LogP contribution is 2.52. The standard InChI is InChI=1S/C27H50/c1-14-13-15(2)26(21(8)16(14)3)22(9)20(7)25(12)27-23(10)18(5)17(4)19(6)24(27)11/h14-21,23-27H,9,13H2,1-8,10-12H3. The van der Waals surface area contributed by atoms with Gasteiger partial charge in [-0.2, -0.15) is 0 Å². The van der Waals surface area contributed by atoms with Crippen molar-refractivity contribution in [3.63, 3.8) is 0 Å². The minimum atomic E-state index is 0.628. The Bertz CT molecular complexity index is 488. The van der Waals surface area contributed by atoms with E-state index in [-0.39, 0.29) is 0 Å². The highest BCUT2D eigenvalue weighted by atomic mass is 14.5. The first-order chi connectivity index (χ1) is 12.4. The highest BCUT2D eigenvalue weighted by molar-refractivity contribution is 5.12. The van der Waals surface area contributed by atoms with E-state index in [1.54, 1.807) is 5.57 Å². The minimum absolute atomic E-state index is 0.628. The van der Waals surface area contributed by atoms with E-state index in [2.05, 4.69) is 76.2 Å². The third kappa shape index (κ3) is 4.06. The zero-order chi connectivity index (χ0) is 20.8. The molecule has 0 N–H and O–H groups in total. The molecule has 0 aromatic rings. The molecule has 0 saturated heterocycles. The molecule has 2 fully saturated rings. The van der Waals surface area contributed by atoms with E-state index in [9.17, 15) is 0 Å². The maximum Gasteiger partial charge on any atom is -0.0149 e. The quantitative estimate of drug-likeness (QED) is 0.435. The molecule has 0 spiro atoms. The minimum Gasteiger partial charge on any atom is -0.0993 e. The average Bonchev–Trinajstić information content (AvgIpc) is 2.62. The van der Waals surface area contributed by atoms with E-state index < -0.39 is 0 Å². The fraction of sp³-hybridized carbons (Fsp3) is 0.926. The summed E-state index contributed by atoms with van der Waals surface area (Å²) < 4.78 is 0. The summed E-state index contributed by atoms with van der Waals surface area (Å²) in [6.07, 6.45) is 1.37. The summed E-state index contributed by atoms with van der Waals surface area (Å²) in [7, 11) is 0. The topological polar surface area (TPSA) is 0 Å². The van der Waals surface area contributed by atoms with Crippen molar-refractivity contribution in [1.82, 2.24) is 0 Å². The molecule has 0 nitrogen and oxygen atoms in total. The highest BCUT2D eigenvalue weighted by Gasteiger charge is 2.46. The number of hydrogen-bond donors (Lipinski definition) is 0. The van der Waals surface area contributed by atoms with Crippen LogP contribution in [0.15, 0.2) is 12.2 Å². The summed E-state index contributed by atoms with van der Waals surface area (Å²) in [6, 6.07) is 0. The molecule has 0 aliphatic heterocycles. The lowest BCUT2D eigenvalue weighted by Crippen LogP contribution is -2.46. The molecule has 0 aromatic carbocycles. The fourth-order valence-electron chi connectivity index (χ4n) is 7.56. The van der Waals surface area contributed by atoms with Gasteiger partial charge in [-0.25, -0.2) is 0 Å². The van der Waals surface area contributed by atoms with Crippen LogP contribution in [-0.2, 0) is 0 Å². The molecule has 2 saturated carbocycles. The van der Waals surface area contributed by atoms with Crippen LogP contribution in [0.25, 0.3) is 0 Å². The molecule has 0 heteroatoms. The van der Waals surface area contributed by atoms with Crippen LogP contribution in [0.2, 0.25) is 0 Å². The molecule has 0 radical (unpaired) electrons. The predicted molar refractivity (Wildman–Crippen MR) is 122 cm³/mol. The van der Waals surface area contributed by atoms with E-state index >= 15 is 0 Å². The van der Waals surface area contributed by atoms with Crippen LogP contribution in [0, 0.1) is 76.9 Å². The first-order valence-corrected chi connectivity index (χ1v) is 12.1. The van der Waals surface area contributed by atoms with Crippen LogP contribution in [0.4, 0.5) is 0 Å². The normalized spacial score (nSPS) is 50.9. The molecule has 0 aromatic heterocycles. The van der Waals surface area contributed by atoms with Gasteiger partial charge in [0.15, 0.2) is 0 Å². The van der Waals surface area contributed by atoms with Crippen LogP contribution in [0.1, 0.15) is 82.6 Å². The summed E-state index contributed by atoms with van der Waals surface area (Å²) >= 11 is 0. The number of hydrogen-bond acceptors (Lipinski definition) is 0. The second-order valence-electron chi connectivity index (χ2n) is 11.5. The Kier molecular flexibility index (Phi) is 7.35. The van der Waals surface area contributed by atoms with Gasteiger partial charge in [-0.3, -0.25) is 0 Å². The fourth-order valence-corrected chi connectivity index (χ4v) is 7.56. The lowest BCUT2D eigenvalue weighted by atomic mass is 9.53. The maximum atomic E-state index is 4.76. The van der Waals surface area contributed by atoms with Crippen LogP contribution in [0.3, 0.4) is 0 Å². The zero-order valence-electron chi connectivity index (χ0n) is 20.4. The van der Waals surface area contributed by atoms with Crippen molar-refractivity contribution < 1.29 is 0 Å². The SMILES string of the molecule is C=C(C(C)C(C)C1C(C)C(C)C(C)C(C)C1C)C1C(C)CC(C)C(C)C1C. The Morgan fingerprint density at radius 1 is 0.630 bits per heavy atom. The van der Waals surface area contributed by atoms with Crippen LogP contribution >= 0.6 is 0 Å². The lowest BCUT2D eigenvalue weighted by Gasteiger charge is -2.52. The Labute approximate surface area is 172 Å². The van der Waals surface area contributed by atoms with Crippen molar-refractivity contribution in [3.05, 3.63) is 12.2 Å². The Balaban J connectivity index is 2.20. The first-order valence-electron chi connectivity index (χ1n) is 12.1. The molecule has 2 aliphatic rings. The average molecular weight is 375 g/mol. The Morgan fingerprint density at radius 3 is 1.56 bits per heavy atom. The van der Waals surface area contributed by atoms with Gasteiger partial charge < -0.3 is 0 Å².